The van der Waals surface area contributed by atoms with E-state index in [1.807, 2.05) is 65.8 Å². The summed E-state index contributed by atoms with van der Waals surface area (Å²) < 4.78 is 17.0. The summed E-state index contributed by atoms with van der Waals surface area (Å²) in [5.74, 6) is 2.55. The summed E-state index contributed by atoms with van der Waals surface area (Å²) in [6, 6.07) is 7.66. The molecular weight excluding hydrogens is 536 g/mol. The number of carbonyl (C=O) groups is 1. The van der Waals surface area contributed by atoms with E-state index in [0.29, 0.717) is 37.0 Å². The number of amides is 1. The van der Waals surface area contributed by atoms with Crippen LogP contribution >= 0.6 is 0 Å². The van der Waals surface area contributed by atoms with E-state index in [-0.39, 0.29) is 18.7 Å². The number of piperidine rings is 1. The van der Waals surface area contributed by atoms with Gasteiger partial charge in [0.05, 0.1) is 17.0 Å². The van der Waals surface area contributed by atoms with E-state index >= 15 is 0 Å². The van der Waals surface area contributed by atoms with Crippen molar-refractivity contribution in [1.29, 1.82) is 0 Å². The molecule has 4 rings (SSSR count). The Hall–Kier alpha value is -3.70. The first-order chi connectivity index (χ1) is 20.0. The molecule has 1 saturated heterocycles. The fourth-order valence-corrected chi connectivity index (χ4v) is 4.84. The molecule has 11 nitrogen and oxygen atoms in total. The molecule has 42 heavy (non-hydrogen) atoms. The second kappa shape index (κ2) is 13.5. The number of hydrogen-bond acceptors (Lipinski definition) is 10. The van der Waals surface area contributed by atoms with Gasteiger partial charge < -0.3 is 34.6 Å². The van der Waals surface area contributed by atoms with Gasteiger partial charge in [0, 0.05) is 36.8 Å². The first-order valence-corrected chi connectivity index (χ1v) is 14.6. The van der Waals surface area contributed by atoms with Crippen LogP contribution in [0.1, 0.15) is 57.1 Å². The van der Waals surface area contributed by atoms with E-state index in [2.05, 4.69) is 15.8 Å². The Morgan fingerprint density at radius 1 is 1.21 bits per heavy atom. The zero-order valence-corrected chi connectivity index (χ0v) is 25.8. The van der Waals surface area contributed by atoms with Crippen LogP contribution in [0, 0.1) is 20.8 Å². The van der Waals surface area contributed by atoms with Gasteiger partial charge in [-0.15, -0.1) is 0 Å². The SMILES string of the molecule is CCC(C)(C)OC(=O)N1CCC(Nc2nc(-c3cccc(OCC(O)CNC)c3)nc(-c3c(C)noc3C)c2C)CC1. The third-order valence-corrected chi connectivity index (χ3v) is 7.70. The highest BCUT2D eigenvalue weighted by Crippen LogP contribution is 2.34. The van der Waals surface area contributed by atoms with Crippen LogP contribution in [0.15, 0.2) is 28.8 Å². The highest BCUT2D eigenvalue weighted by molar-refractivity contribution is 5.74. The zero-order valence-electron chi connectivity index (χ0n) is 25.8. The Morgan fingerprint density at radius 3 is 2.60 bits per heavy atom. The topological polar surface area (TPSA) is 135 Å². The van der Waals surface area contributed by atoms with E-state index < -0.39 is 11.7 Å². The van der Waals surface area contributed by atoms with Crippen molar-refractivity contribution in [1.82, 2.24) is 25.3 Å². The minimum atomic E-state index is -0.623. The van der Waals surface area contributed by atoms with Crippen molar-refractivity contribution in [2.45, 2.75) is 78.6 Å². The van der Waals surface area contributed by atoms with E-state index in [9.17, 15) is 9.90 Å². The minimum Gasteiger partial charge on any atom is -0.491 e. The molecule has 11 heteroatoms. The Kier molecular flexibility index (Phi) is 10.1. The lowest BCUT2D eigenvalue weighted by molar-refractivity contribution is 0.00797. The molecule has 1 aromatic carbocycles. The predicted molar refractivity (Wildman–Crippen MR) is 162 cm³/mol. The zero-order chi connectivity index (χ0) is 30.4. The number of likely N-dealkylation sites (tertiary alicyclic amines) is 1. The summed E-state index contributed by atoms with van der Waals surface area (Å²) in [4.78, 5) is 24.4. The molecular formula is C31H44N6O5. The number of aliphatic hydroxyl groups is 1. The summed E-state index contributed by atoms with van der Waals surface area (Å²) in [6.07, 6.45) is 1.40. The molecule has 3 N–H and O–H groups in total. The fraction of sp³-hybridized carbons (Fsp3) is 0.548. The van der Waals surface area contributed by atoms with Crippen molar-refractivity contribution in [2.75, 3.05) is 38.6 Å². The molecule has 2 aromatic heterocycles. The van der Waals surface area contributed by atoms with Gasteiger partial charge in [-0.05, 0) is 73.1 Å². The van der Waals surface area contributed by atoms with Crippen LogP contribution in [0.5, 0.6) is 5.75 Å². The summed E-state index contributed by atoms with van der Waals surface area (Å²) in [6.45, 7) is 13.5. The van der Waals surface area contributed by atoms with Gasteiger partial charge in [-0.1, -0.05) is 24.2 Å². The number of benzene rings is 1. The second-order valence-corrected chi connectivity index (χ2v) is 11.5. The number of nitrogens with one attached hydrogen (secondary N) is 2. The molecule has 1 amide bonds. The van der Waals surface area contributed by atoms with Gasteiger partial charge >= 0.3 is 6.09 Å². The third kappa shape index (κ3) is 7.57. The van der Waals surface area contributed by atoms with Crippen LogP contribution in [0.4, 0.5) is 10.6 Å². The van der Waals surface area contributed by atoms with Crippen molar-refractivity contribution in [2.24, 2.45) is 0 Å². The number of ether oxygens (including phenoxy) is 2. The molecule has 1 unspecified atom stereocenters. The van der Waals surface area contributed by atoms with Crippen LogP contribution in [0.25, 0.3) is 22.6 Å². The third-order valence-electron chi connectivity index (χ3n) is 7.70. The molecule has 3 heterocycles. The summed E-state index contributed by atoms with van der Waals surface area (Å²) >= 11 is 0. The molecule has 228 valence electrons. The van der Waals surface area contributed by atoms with E-state index in [1.165, 1.54) is 0 Å². The largest absolute Gasteiger partial charge is 0.491 e. The number of aryl methyl sites for hydroxylation is 2. The quantitative estimate of drug-likeness (QED) is 0.288. The van der Waals surface area contributed by atoms with Crippen LogP contribution in [0.2, 0.25) is 0 Å². The molecule has 0 aliphatic carbocycles. The van der Waals surface area contributed by atoms with Crippen molar-refractivity contribution in [3.63, 3.8) is 0 Å². The van der Waals surface area contributed by atoms with Gasteiger partial charge in [0.15, 0.2) is 5.82 Å². The standard InChI is InChI=1S/C31H44N6O5/c1-8-31(5,6)41-30(39)37-14-12-23(13-15-37)33-28-19(2)27(26-20(3)36-42-21(26)4)34-29(35-28)22-10-9-11-25(16-22)40-18-24(38)17-32-7/h9-11,16,23-24,32,38H,8,12-15,17-18H2,1-7H3,(H,33,34,35). The van der Waals surface area contributed by atoms with Crippen molar-refractivity contribution >= 4 is 11.9 Å². The highest BCUT2D eigenvalue weighted by atomic mass is 16.6. The first kappa shape index (κ1) is 31.2. The molecule has 1 atom stereocenters. The lowest BCUT2D eigenvalue weighted by Crippen LogP contribution is -2.45. The van der Waals surface area contributed by atoms with Crippen LogP contribution in [0.3, 0.4) is 0 Å². The summed E-state index contributed by atoms with van der Waals surface area (Å²) in [5.41, 5.74) is 3.54. The van der Waals surface area contributed by atoms with Crippen LogP contribution < -0.4 is 15.4 Å². The minimum absolute atomic E-state index is 0.121. The Morgan fingerprint density at radius 2 is 1.95 bits per heavy atom. The van der Waals surface area contributed by atoms with Gasteiger partial charge in [0.1, 0.15) is 35.6 Å². The van der Waals surface area contributed by atoms with E-state index in [4.69, 9.17) is 24.0 Å². The number of aromatic nitrogens is 3. The molecule has 1 fully saturated rings. The summed E-state index contributed by atoms with van der Waals surface area (Å²) in [5, 5.41) is 20.8. The number of rotatable bonds is 11. The number of likely N-dealkylation sites (N-methyl/N-ethyl adjacent to an activating group) is 1. The average molecular weight is 581 g/mol. The smallest absolute Gasteiger partial charge is 0.410 e. The van der Waals surface area contributed by atoms with Crippen molar-refractivity contribution in [3.8, 4) is 28.4 Å². The maximum absolute atomic E-state index is 12.7. The maximum Gasteiger partial charge on any atom is 0.410 e. The number of carbonyl (C=O) groups excluding carboxylic acids is 1. The van der Waals surface area contributed by atoms with Gasteiger partial charge in [-0.2, -0.15) is 0 Å². The lowest BCUT2D eigenvalue weighted by Gasteiger charge is -2.34. The normalized spacial score (nSPS) is 15.0. The van der Waals surface area contributed by atoms with Crippen molar-refractivity contribution in [3.05, 3.63) is 41.3 Å². The molecule has 1 aliphatic rings. The molecule has 0 spiro atoms. The molecule has 0 radical (unpaired) electrons. The Bertz CT molecular complexity index is 1350. The predicted octanol–water partition coefficient (Wildman–Crippen LogP) is 4.88. The highest BCUT2D eigenvalue weighted by Gasteiger charge is 2.29. The average Bonchev–Trinajstić information content (AvgIpc) is 3.30. The second-order valence-electron chi connectivity index (χ2n) is 11.5. The Balaban J connectivity index is 1.59. The number of anilines is 1. The van der Waals surface area contributed by atoms with Gasteiger partial charge in [0.25, 0.3) is 0 Å². The molecule has 1 aliphatic heterocycles. The van der Waals surface area contributed by atoms with Gasteiger partial charge in [-0.3, -0.25) is 0 Å². The van der Waals surface area contributed by atoms with E-state index in [1.54, 1.807) is 11.9 Å². The first-order valence-electron chi connectivity index (χ1n) is 14.6. The Labute approximate surface area is 248 Å². The van der Waals surface area contributed by atoms with E-state index in [0.717, 1.165) is 53.2 Å². The van der Waals surface area contributed by atoms with Gasteiger partial charge in [-0.25, -0.2) is 14.8 Å². The molecule has 0 saturated carbocycles. The maximum atomic E-state index is 12.7. The molecule has 3 aromatic rings. The number of hydrogen-bond donors (Lipinski definition) is 3. The number of nitrogens with zero attached hydrogens (tertiary/aromatic N) is 4. The number of aliphatic hydroxyl groups excluding tert-OH is 1. The lowest BCUT2D eigenvalue weighted by atomic mass is 10.0. The van der Waals surface area contributed by atoms with Gasteiger partial charge in [0.2, 0.25) is 0 Å². The van der Waals surface area contributed by atoms with Crippen LogP contribution in [-0.4, -0.2) is 82.3 Å². The van der Waals surface area contributed by atoms with Crippen LogP contribution in [-0.2, 0) is 4.74 Å². The molecule has 0 bridgehead atoms. The van der Waals surface area contributed by atoms with Crippen molar-refractivity contribution < 1.29 is 23.9 Å². The summed E-state index contributed by atoms with van der Waals surface area (Å²) in [7, 11) is 1.78. The fourth-order valence-electron chi connectivity index (χ4n) is 4.84. The monoisotopic (exact) mass is 580 g/mol.